The van der Waals surface area contributed by atoms with Crippen LogP contribution < -0.4 is 4.74 Å². The molecule has 3 heterocycles. The van der Waals surface area contributed by atoms with Gasteiger partial charge in [-0.15, -0.1) is 0 Å². The van der Waals surface area contributed by atoms with Crippen molar-refractivity contribution in [3.05, 3.63) is 71.9 Å². The number of rotatable bonds is 8. The molecule has 2 aliphatic heterocycles. The van der Waals surface area contributed by atoms with Crippen LogP contribution in [0.4, 0.5) is 0 Å². The van der Waals surface area contributed by atoms with Crippen LogP contribution in [-0.4, -0.2) is 38.1 Å². The van der Waals surface area contributed by atoms with Gasteiger partial charge in [-0.1, -0.05) is 50.2 Å². The number of thioether (sulfide) groups is 1. The number of benzene rings is 2. The fourth-order valence-electron chi connectivity index (χ4n) is 4.32. The number of aliphatic imine (C=N–C) groups is 1. The number of fused-ring (bicyclic) bond motifs is 2. The molecule has 0 saturated heterocycles. The Balaban J connectivity index is 1.43. The molecule has 1 N–H and O–H groups in total. The third-order valence-electron chi connectivity index (χ3n) is 6.27. The molecule has 35 heavy (non-hydrogen) atoms. The molecule has 0 fully saturated rings. The largest absolute Gasteiger partial charge is 0.492 e. The lowest BCUT2D eigenvalue weighted by Gasteiger charge is -2.20. The van der Waals surface area contributed by atoms with Crippen molar-refractivity contribution in [1.82, 2.24) is 9.58 Å². The Hall–Kier alpha value is -3.65. The first-order valence-electron chi connectivity index (χ1n) is 11.8. The third-order valence-corrected chi connectivity index (χ3v) is 7.34. The van der Waals surface area contributed by atoms with Crippen LogP contribution in [0.3, 0.4) is 0 Å². The number of hydrogen-bond acceptors (Lipinski definition) is 5. The molecule has 0 saturated carbocycles. The fraction of sp³-hybridized carbons (Fsp3) is 0.259. The van der Waals surface area contributed by atoms with Gasteiger partial charge in [0.2, 0.25) is 5.17 Å². The Morgan fingerprint density at radius 3 is 2.60 bits per heavy atom. The van der Waals surface area contributed by atoms with Crippen LogP contribution in [0.2, 0.25) is 0 Å². The summed E-state index contributed by atoms with van der Waals surface area (Å²) in [6.45, 7) is 5.41. The number of carbonyl (C=O) groups is 1. The second kappa shape index (κ2) is 9.92. The van der Waals surface area contributed by atoms with Gasteiger partial charge in [0.1, 0.15) is 17.4 Å². The van der Waals surface area contributed by atoms with E-state index in [4.69, 9.17) is 10.1 Å². The Morgan fingerprint density at radius 1 is 1.09 bits per heavy atom. The highest BCUT2D eigenvalue weighted by Gasteiger charge is 2.37. The summed E-state index contributed by atoms with van der Waals surface area (Å²) in [4.78, 5) is 17.2. The van der Waals surface area contributed by atoms with E-state index < -0.39 is 5.91 Å². The van der Waals surface area contributed by atoms with E-state index in [-0.39, 0.29) is 11.4 Å². The first-order chi connectivity index (χ1) is 17.1. The standard InChI is InChI=1S/C27H27N5O2S/c1-3-18(4-2)26-30-32-24(28)22(25(33)29-27(32)35-26)16-19-17-31(23-13-9-8-12-21(19)23)14-15-34-20-10-6-5-7-11-20/h5-13,16-18,28H,3-4,14-15H2,1-2H3/b22-16-,28-24?. The number of para-hydroxylation sites is 2. The molecule has 0 spiro atoms. The van der Waals surface area contributed by atoms with Crippen LogP contribution in [0.1, 0.15) is 32.3 Å². The minimum Gasteiger partial charge on any atom is -0.492 e. The van der Waals surface area contributed by atoms with Gasteiger partial charge in [-0.3, -0.25) is 10.2 Å². The Bertz CT molecular complexity index is 1370. The summed E-state index contributed by atoms with van der Waals surface area (Å²) in [5.41, 5.74) is 2.15. The average molecular weight is 486 g/mol. The maximum atomic E-state index is 12.9. The van der Waals surface area contributed by atoms with Crippen LogP contribution in [-0.2, 0) is 11.3 Å². The molecule has 5 rings (SSSR count). The van der Waals surface area contributed by atoms with E-state index in [1.165, 1.54) is 16.8 Å². The van der Waals surface area contributed by atoms with Crippen molar-refractivity contribution in [2.45, 2.75) is 33.2 Å². The summed E-state index contributed by atoms with van der Waals surface area (Å²) < 4.78 is 8.00. The molecule has 8 heteroatoms. The van der Waals surface area contributed by atoms with Crippen LogP contribution in [0.5, 0.6) is 5.75 Å². The van der Waals surface area contributed by atoms with Gasteiger partial charge in [0, 0.05) is 28.6 Å². The van der Waals surface area contributed by atoms with Crippen molar-refractivity contribution in [2.24, 2.45) is 16.0 Å². The summed E-state index contributed by atoms with van der Waals surface area (Å²) in [6, 6.07) is 17.8. The molecule has 178 valence electrons. The van der Waals surface area contributed by atoms with E-state index in [0.717, 1.165) is 40.1 Å². The maximum Gasteiger partial charge on any atom is 0.283 e. The van der Waals surface area contributed by atoms with Crippen LogP contribution in [0.15, 0.2) is 76.5 Å². The second-order valence-corrected chi connectivity index (χ2v) is 9.42. The van der Waals surface area contributed by atoms with Crippen LogP contribution >= 0.6 is 11.8 Å². The number of hydrogen-bond donors (Lipinski definition) is 1. The van der Waals surface area contributed by atoms with Gasteiger partial charge < -0.3 is 9.30 Å². The maximum absolute atomic E-state index is 12.9. The predicted molar refractivity (Wildman–Crippen MR) is 143 cm³/mol. The molecule has 0 bridgehead atoms. The van der Waals surface area contributed by atoms with E-state index in [0.29, 0.717) is 24.2 Å². The van der Waals surface area contributed by atoms with Gasteiger partial charge in [-0.25, -0.2) is 0 Å². The van der Waals surface area contributed by atoms with Crippen LogP contribution in [0.25, 0.3) is 17.0 Å². The summed E-state index contributed by atoms with van der Waals surface area (Å²) in [7, 11) is 0. The Morgan fingerprint density at radius 2 is 1.83 bits per heavy atom. The van der Waals surface area contributed by atoms with Gasteiger partial charge in [0.05, 0.1) is 12.1 Å². The lowest BCUT2D eigenvalue weighted by Crippen LogP contribution is -2.35. The molecular weight excluding hydrogens is 458 g/mol. The highest BCUT2D eigenvalue weighted by atomic mass is 32.2. The lowest BCUT2D eigenvalue weighted by molar-refractivity contribution is -0.114. The Labute approximate surface area is 208 Å². The number of amides is 1. The smallest absolute Gasteiger partial charge is 0.283 e. The number of hydrazone groups is 1. The first-order valence-corrected chi connectivity index (χ1v) is 12.7. The van der Waals surface area contributed by atoms with Crippen molar-refractivity contribution in [2.75, 3.05) is 6.61 Å². The zero-order valence-electron chi connectivity index (χ0n) is 19.8. The van der Waals surface area contributed by atoms with Crippen molar-refractivity contribution < 1.29 is 9.53 Å². The average Bonchev–Trinajstić information content (AvgIpc) is 3.45. The third kappa shape index (κ3) is 4.53. The van der Waals surface area contributed by atoms with E-state index in [2.05, 4.69) is 28.5 Å². The number of carbonyl (C=O) groups excluding carboxylic acids is 1. The van der Waals surface area contributed by atoms with E-state index in [1.807, 2.05) is 60.8 Å². The van der Waals surface area contributed by atoms with Crippen molar-refractivity contribution in [3.8, 4) is 5.75 Å². The Kier molecular flexibility index (Phi) is 6.55. The minimum absolute atomic E-state index is 0.0673. The summed E-state index contributed by atoms with van der Waals surface area (Å²) in [5.74, 6) is 0.800. The number of ether oxygens (including phenoxy) is 1. The molecule has 0 aliphatic carbocycles. The molecule has 1 amide bonds. The molecule has 7 nitrogen and oxygen atoms in total. The van der Waals surface area contributed by atoms with Crippen LogP contribution in [0, 0.1) is 11.3 Å². The topological polar surface area (TPSA) is 83.0 Å². The first kappa shape index (κ1) is 23.1. The van der Waals surface area contributed by atoms with Gasteiger partial charge >= 0.3 is 0 Å². The van der Waals surface area contributed by atoms with E-state index in [9.17, 15) is 4.79 Å². The summed E-state index contributed by atoms with van der Waals surface area (Å²) in [6.07, 6.45) is 5.68. The number of nitrogens with one attached hydrogen (secondary N) is 1. The minimum atomic E-state index is -0.404. The zero-order valence-corrected chi connectivity index (χ0v) is 20.6. The highest BCUT2D eigenvalue weighted by Crippen LogP contribution is 2.33. The highest BCUT2D eigenvalue weighted by molar-refractivity contribution is 8.27. The molecule has 1 aromatic heterocycles. The normalized spacial score (nSPS) is 16.8. The molecule has 2 aromatic carbocycles. The molecule has 0 radical (unpaired) electrons. The monoisotopic (exact) mass is 485 g/mol. The molecule has 3 aromatic rings. The number of aromatic nitrogens is 1. The van der Waals surface area contributed by atoms with Crippen molar-refractivity contribution >= 4 is 50.7 Å². The molecule has 2 aliphatic rings. The quantitative estimate of drug-likeness (QED) is 0.410. The lowest BCUT2D eigenvalue weighted by atomic mass is 10.1. The van der Waals surface area contributed by atoms with Gasteiger partial charge in [0.15, 0.2) is 5.84 Å². The molecular formula is C27H27N5O2S. The molecule has 0 atom stereocenters. The van der Waals surface area contributed by atoms with Gasteiger partial charge in [-0.2, -0.15) is 15.1 Å². The summed E-state index contributed by atoms with van der Waals surface area (Å²) >= 11 is 1.40. The summed E-state index contributed by atoms with van der Waals surface area (Å²) in [5, 5.41) is 17.3. The zero-order chi connectivity index (χ0) is 24.4. The van der Waals surface area contributed by atoms with Gasteiger partial charge in [0.25, 0.3) is 5.91 Å². The van der Waals surface area contributed by atoms with Crippen molar-refractivity contribution in [1.29, 1.82) is 5.41 Å². The number of amidine groups is 2. The number of nitrogens with zero attached hydrogens (tertiary/aromatic N) is 4. The SMILES string of the molecule is CCC(CC)C1=NN2C(=N)/C(=C/c3cn(CCOc4ccccc4)c4ccccc34)C(=O)N=C2S1. The predicted octanol–water partition coefficient (Wildman–Crippen LogP) is 5.78. The molecule has 0 unspecified atom stereocenters. The second-order valence-electron chi connectivity index (χ2n) is 8.43. The van der Waals surface area contributed by atoms with Gasteiger partial charge in [-0.05, 0) is 48.9 Å². The van der Waals surface area contributed by atoms with E-state index in [1.54, 1.807) is 6.08 Å². The van der Waals surface area contributed by atoms with E-state index >= 15 is 0 Å². The van der Waals surface area contributed by atoms with Crippen molar-refractivity contribution in [3.63, 3.8) is 0 Å². The fourth-order valence-corrected chi connectivity index (χ4v) is 5.48.